The summed E-state index contributed by atoms with van der Waals surface area (Å²) in [5, 5.41) is 0. The molecule has 28 heavy (non-hydrogen) atoms. The van der Waals surface area contributed by atoms with Crippen molar-refractivity contribution in [3.63, 3.8) is 0 Å². The molecule has 0 saturated carbocycles. The molecule has 0 bridgehead atoms. The van der Waals surface area contributed by atoms with Crippen LogP contribution in [-0.2, 0) is 0 Å². The molecule has 2 nitrogen and oxygen atoms in total. The number of nitrogens with zero attached hydrogens (tertiary/aromatic N) is 2. The van der Waals surface area contributed by atoms with E-state index in [1.54, 1.807) is 0 Å². The number of rotatable bonds is 4. The molecule has 2 heteroatoms. The van der Waals surface area contributed by atoms with Gasteiger partial charge in [0, 0.05) is 34.9 Å². The van der Waals surface area contributed by atoms with Crippen molar-refractivity contribution >= 4 is 11.4 Å². The average Bonchev–Trinajstić information content (AvgIpc) is 2.91. The molecule has 4 rings (SSSR count). The average molecular weight is 364 g/mol. The first-order valence-electron chi connectivity index (χ1n) is 9.57. The molecule has 0 atom stereocenters. The predicted molar refractivity (Wildman–Crippen MR) is 118 cm³/mol. The summed E-state index contributed by atoms with van der Waals surface area (Å²) in [5.41, 5.74) is 5.79. The summed E-state index contributed by atoms with van der Waals surface area (Å²) < 4.78 is 0. The number of para-hydroxylation sites is 1. The summed E-state index contributed by atoms with van der Waals surface area (Å²) in [7, 11) is 0. The molecule has 3 aromatic rings. The maximum absolute atomic E-state index is 4.14. The summed E-state index contributed by atoms with van der Waals surface area (Å²) >= 11 is 0. The van der Waals surface area contributed by atoms with Gasteiger partial charge in [0.1, 0.15) is 0 Å². The van der Waals surface area contributed by atoms with Gasteiger partial charge in [0.2, 0.25) is 0 Å². The number of hydrogen-bond donors (Lipinski definition) is 0. The molecular weight excluding hydrogens is 340 g/mol. The van der Waals surface area contributed by atoms with E-state index < -0.39 is 0 Å². The topological polar surface area (TPSA) is 16.1 Å². The maximum Gasteiger partial charge on any atom is 0.0467 e. The number of pyridine rings is 1. The van der Waals surface area contributed by atoms with Crippen LogP contribution in [-0.4, -0.2) is 4.98 Å². The van der Waals surface area contributed by atoms with E-state index in [9.17, 15) is 0 Å². The molecule has 0 amide bonds. The number of allylic oxidation sites excluding steroid dienone is 5. The van der Waals surface area contributed by atoms with Gasteiger partial charge in [-0.1, -0.05) is 62.4 Å². The van der Waals surface area contributed by atoms with Gasteiger partial charge in [-0.3, -0.25) is 4.98 Å². The molecule has 1 aromatic heterocycles. The number of hydrogen-bond acceptors (Lipinski definition) is 2. The minimum atomic E-state index is 0.0412. The SMILES string of the molecule is CC1(C)C=CC=C(N(c2ccccc2)c2cccc(-c3ccncc3)c2)C=C1. The predicted octanol–water partition coefficient (Wildman–Crippen LogP) is 6.92. The fourth-order valence-corrected chi connectivity index (χ4v) is 3.35. The Bertz CT molecular complexity index is 1030. The van der Waals surface area contributed by atoms with Crippen LogP contribution in [0.1, 0.15) is 13.8 Å². The lowest BCUT2D eigenvalue weighted by molar-refractivity contribution is 0.627. The van der Waals surface area contributed by atoms with Gasteiger partial charge in [-0.25, -0.2) is 0 Å². The Morgan fingerprint density at radius 1 is 0.750 bits per heavy atom. The molecule has 138 valence electrons. The van der Waals surface area contributed by atoms with Crippen molar-refractivity contribution in [1.82, 2.24) is 4.98 Å². The van der Waals surface area contributed by atoms with Crippen LogP contribution in [0.2, 0.25) is 0 Å². The molecule has 0 unspecified atom stereocenters. The normalized spacial score (nSPS) is 15.0. The highest BCUT2D eigenvalue weighted by molar-refractivity contribution is 5.75. The highest BCUT2D eigenvalue weighted by Crippen LogP contribution is 2.35. The van der Waals surface area contributed by atoms with Crippen LogP contribution in [0.4, 0.5) is 11.4 Å². The van der Waals surface area contributed by atoms with E-state index in [-0.39, 0.29) is 5.41 Å². The van der Waals surface area contributed by atoms with Gasteiger partial charge in [-0.15, -0.1) is 0 Å². The van der Waals surface area contributed by atoms with Crippen molar-refractivity contribution in [3.8, 4) is 11.1 Å². The van der Waals surface area contributed by atoms with Crippen molar-refractivity contribution in [2.75, 3.05) is 4.90 Å². The zero-order valence-electron chi connectivity index (χ0n) is 16.3. The Morgan fingerprint density at radius 2 is 1.50 bits per heavy atom. The van der Waals surface area contributed by atoms with Crippen molar-refractivity contribution in [2.45, 2.75) is 13.8 Å². The molecule has 2 aromatic carbocycles. The third-order valence-corrected chi connectivity index (χ3v) is 4.87. The first-order valence-corrected chi connectivity index (χ1v) is 9.57. The molecule has 1 aliphatic rings. The fourth-order valence-electron chi connectivity index (χ4n) is 3.35. The molecule has 0 saturated heterocycles. The van der Waals surface area contributed by atoms with Crippen LogP contribution in [0.5, 0.6) is 0 Å². The standard InChI is InChI=1S/C26H24N2/c1-26(2)16-7-12-24(13-17-26)28(23-9-4-3-5-10-23)25-11-6-8-22(20-25)21-14-18-27-19-15-21/h3-20H,1-2H3. The van der Waals surface area contributed by atoms with Gasteiger partial charge in [0.25, 0.3) is 0 Å². The van der Waals surface area contributed by atoms with Crippen molar-refractivity contribution in [3.05, 3.63) is 115 Å². The van der Waals surface area contributed by atoms with E-state index in [0.717, 1.165) is 22.6 Å². The zero-order chi connectivity index (χ0) is 19.4. The third-order valence-electron chi connectivity index (χ3n) is 4.87. The van der Waals surface area contributed by atoms with Gasteiger partial charge >= 0.3 is 0 Å². The smallest absolute Gasteiger partial charge is 0.0467 e. The number of benzene rings is 2. The molecule has 1 heterocycles. The van der Waals surface area contributed by atoms with Crippen LogP contribution in [0, 0.1) is 5.41 Å². The Labute approximate surface area is 167 Å². The minimum Gasteiger partial charge on any atom is -0.310 e. The Hall–Kier alpha value is -3.39. The molecule has 0 spiro atoms. The summed E-state index contributed by atoms with van der Waals surface area (Å²) in [6, 6.07) is 23.2. The Morgan fingerprint density at radius 3 is 2.29 bits per heavy atom. The van der Waals surface area contributed by atoms with Gasteiger partial charge in [-0.2, -0.15) is 0 Å². The van der Waals surface area contributed by atoms with Gasteiger partial charge < -0.3 is 4.90 Å². The minimum absolute atomic E-state index is 0.0412. The first-order chi connectivity index (χ1) is 13.6. The van der Waals surface area contributed by atoms with E-state index in [2.05, 4.69) is 109 Å². The van der Waals surface area contributed by atoms with Crippen LogP contribution in [0.15, 0.2) is 115 Å². The lowest BCUT2D eigenvalue weighted by Gasteiger charge is -2.27. The molecule has 0 N–H and O–H groups in total. The van der Waals surface area contributed by atoms with Crippen LogP contribution >= 0.6 is 0 Å². The summed E-state index contributed by atoms with van der Waals surface area (Å²) in [5.74, 6) is 0. The summed E-state index contributed by atoms with van der Waals surface area (Å²) in [6.07, 6.45) is 14.7. The Balaban J connectivity index is 1.82. The second-order valence-corrected chi connectivity index (χ2v) is 7.56. The van der Waals surface area contributed by atoms with E-state index in [0.29, 0.717) is 0 Å². The molecule has 0 radical (unpaired) electrons. The van der Waals surface area contributed by atoms with Crippen LogP contribution in [0.25, 0.3) is 11.1 Å². The monoisotopic (exact) mass is 364 g/mol. The third kappa shape index (κ3) is 3.96. The van der Waals surface area contributed by atoms with E-state index in [1.165, 1.54) is 5.56 Å². The van der Waals surface area contributed by atoms with Crippen molar-refractivity contribution < 1.29 is 0 Å². The second kappa shape index (κ2) is 7.69. The van der Waals surface area contributed by atoms with Gasteiger partial charge in [0.15, 0.2) is 0 Å². The largest absolute Gasteiger partial charge is 0.310 e. The van der Waals surface area contributed by atoms with Crippen LogP contribution < -0.4 is 4.90 Å². The quantitative estimate of drug-likeness (QED) is 0.499. The number of aromatic nitrogens is 1. The molecular formula is C26H24N2. The Kier molecular flexibility index (Phi) is 4.94. The van der Waals surface area contributed by atoms with Gasteiger partial charge in [-0.05, 0) is 59.7 Å². The fraction of sp³-hybridized carbons (Fsp3) is 0.115. The molecule has 0 aliphatic heterocycles. The lowest BCUT2D eigenvalue weighted by atomic mass is 9.93. The van der Waals surface area contributed by atoms with E-state index in [1.807, 2.05) is 24.5 Å². The lowest BCUT2D eigenvalue weighted by Crippen LogP contribution is -2.15. The molecule has 0 fully saturated rings. The van der Waals surface area contributed by atoms with Crippen LogP contribution in [0.3, 0.4) is 0 Å². The summed E-state index contributed by atoms with van der Waals surface area (Å²) in [4.78, 5) is 6.44. The van der Waals surface area contributed by atoms with E-state index >= 15 is 0 Å². The first kappa shape index (κ1) is 18.0. The molecule has 1 aliphatic carbocycles. The van der Waals surface area contributed by atoms with Crippen molar-refractivity contribution in [2.24, 2.45) is 5.41 Å². The number of anilines is 2. The zero-order valence-corrected chi connectivity index (χ0v) is 16.3. The highest BCUT2D eigenvalue weighted by atomic mass is 15.1. The maximum atomic E-state index is 4.14. The summed E-state index contributed by atoms with van der Waals surface area (Å²) in [6.45, 7) is 4.43. The van der Waals surface area contributed by atoms with E-state index in [4.69, 9.17) is 0 Å². The highest BCUT2D eigenvalue weighted by Gasteiger charge is 2.17. The second-order valence-electron chi connectivity index (χ2n) is 7.56. The van der Waals surface area contributed by atoms with Gasteiger partial charge in [0.05, 0.1) is 0 Å². The van der Waals surface area contributed by atoms with Crippen molar-refractivity contribution in [1.29, 1.82) is 0 Å².